The topological polar surface area (TPSA) is 50.8 Å². The Hall–Kier alpha value is -1.20. The Morgan fingerprint density at radius 2 is 2.00 bits per heavy atom. The quantitative estimate of drug-likeness (QED) is 0.512. The zero-order valence-corrected chi connectivity index (χ0v) is 11.4. The molecule has 0 saturated carbocycles. The van der Waals surface area contributed by atoms with Gasteiger partial charge in [-0.1, -0.05) is 12.1 Å². The monoisotopic (exact) mass is 265 g/mol. The molecule has 0 atom stereocenters. The highest BCUT2D eigenvalue weighted by molar-refractivity contribution is 7.98. The van der Waals surface area contributed by atoms with Crippen molar-refractivity contribution in [3.8, 4) is 0 Å². The van der Waals surface area contributed by atoms with Crippen LogP contribution < -0.4 is 5.73 Å². The smallest absolute Gasteiger partial charge is 0.191 e. The molecule has 5 heteroatoms. The SMILES string of the molecule is CSc1ccc(CN=C(N)N2CCOCC2)cc1. The lowest BCUT2D eigenvalue weighted by molar-refractivity contribution is 0.0674. The molecular weight excluding hydrogens is 246 g/mol. The molecule has 2 N–H and O–H groups in total. The van der Waals surface area contributed by atoms with Crippen LogP contribution >= 0.6 is 11.8 Å². The van der Waals surface area contributed by atoms with Crippen molar-refractivity contribution in [1.29, 1.82) is 0 Å². The van der Waals surface area contributed by atoms with Crippen molar-refractivity contribution in [2.75, 3.05) is 32.6 Å². The van der Waals surface area contributed by atoms with Crippen LogP contribution in [0.4, 0.5) is 0 Å². The molecule has 1 aliphatic heterocycles. The van der Waals surface area contributed by atoms with Gasteiger partial charge in [-0.2, -0.15) is 0 Å². The third-order valence-corrected chi connectivity index (χ3v) is 3.66. The molecule has 0 bridgehead atoms. The van der Waals surface area contributed by atoms with Crippen LogP contribution in [-0.4, -0.2) is 43.4 Å². The second-order valence-electron chi connectivity index (χ2n) is 4.12. The Balaban J connectivity index is 1.91. The minimum absolute atomic E-state index is 0.618. The van der Waals surface area contributed by atoms with Gasteiger partial charge < -0.3 is 15.4 Å². The maximum absolute atomic E-state index is 5.97. The molecule has 0 unspecified atom stereocenters. The first-order valence-electron chi connectivity index (χ1n) is 6.05. The maximum atomic E-state index is 5.97. The van der Waals surface area contributed by atoms with Gasteiger partial charge in [-0.05, 0) is 24.0 Å². The fourth-order valence-corrected chi connectivity index (χ4v) is 2.20. The van der Waals surface area contributed by atoms with Crippen LogP contribution in [0.2, 0.25) is 0 Å². The highest BCUT2D eigenvalue weighted by Crippen LogP contribution is 2.15. The number of ether oxygens (including phenoxy) is 1. The van der Waals surface area contributed by atoms with Gasteiger partial charge in [0.1, 0.15) is 0 Å². The van der Waals surface area contributed by atoms with Gasteiger partial charge >= 0.3 is 0 Å². The third-order valence-electron chi connectivity index (χ3n) is 2.92. The van der Waals surface area contributed by atoms with E-state index in [4.69, 9.17) is 10.5 Å². The first kappa shape index (κ1) is 13.2. The van der Waals surface area contributed by atoms with E-state index in [2.05, 4.69) is 40.4 Å². The highest BCUT2D eigenvalue weighted by atomic mass is 32.2. The van der Waals surface area contributed by atoms with Crippen molar-refractivity contribution in [1.82, 2.24) is 4.90 Å². The molecule has 1 heterocycles. The second-order valence-corrected chi connectivity index (χ2v) is 5.00. The number of nitrogens with zero attached hydrogens (tertiary/aromatic N) is 2. The van der Waals surface area contributed by atoms with Crippen molar-refractivity contribution < 1.29 is 4.74 Å². The molecule has 18 heavy (non-hydrogen) atoms. The van der Waals surface area contributed by atoms with Crippen LogP contribution in [0.3, 0.4) is 0 Å². The number of aliphatic imine (C=N–C) groups is 1. The first-order chi connectivity index (χ1) is 8.79. The Bertz CT molecular complexity index is 399. The van der Waals surface area contributed by atoms with Gasteiger partial charge in [-0.25, -0.2) is 4.99 Å². The second kappa shape index (κ2) is 6.66. The number of thioether (sulfide) groups is 1. The normalized spacial score (nSPS) is 16.9. The highest BCUT2D eigenvalue weighted by Gasteiger charge is 2.11. The minimum atomic E-state index is 0.618. The van der Waals surface area contributed by atoms with Crippen molar-refractivity contribution in [2.24, 2.45) is 10.7 Å². The van der Waals surface area contributed by atoms with E-state index in [9.17, 15) is 0 Å². The zero-order chi connectivity index (χ0) is 12.8. The molecule has 1 aromatic carbocycles. The number of rotatable bonds is 3. The summed E-state index contributed by atoms with van der Waals surface area (Å²) < 4.78 is 5.28. The van der Waals surface area contributed by atoms with E-state index in [1.807, 2.05) is 0 Å². The average Bonchev–Trinajstić information content (AvgIpc) is 2.46. The molecule has 1 saturated heterocycles. The third kappa shape index (κ3) is 3.65. The lowest BCUT2D eigenvalue weighted by Gasteiger charge is -2.27. The van der Waals surface area contributed by atoms with Gasteiger partial charge in [0.25, 0.3) is 0 Å². The van der Waals surface area contributed by atoms with Crippen LogP contribution in [0.5, 0.6) is 0 Å². The molecular formula is C13H19N3OS. The Kier molecular flexibility index (Phi) is 4.90. The van der Waals surface area contributed by atoms with E-state index in [1.54, 1.807) is 11.8 Å². The van der Waals surface area contributed by atoms with Crippen molar-refractivity contribution >= 4 is 17.7 Å². The van der Waals surface area contributed by atoms with Crippen LogP contribution in [0.15, 0.2) is 34.2 Å². The summed E-state index contributed by atoms with van der Waals surface area (Å²) in [6.45, 7) is 3.77. The molecule has 98 valence electrons. The Labute approximate surface area is 112 Å². The molecule has 0 aromatic heterocycles. The van der Waals surface area contributed by atoms with Gasteiger partial charge in [-0.3, -0.25) is 0 Å². The van der Waals surface area contributed by atoms with Crippen molar-refractivity contribution in [3.63, 3.8) is 0 Å². The van der Waals surface area contributed by atoms with Gasteiger partial charge in [-0.15, -0.1) is 11.8 Å². The summed E-state index contributed by atoms with van der Waals surface area (Å²) >= 11 is 1.74. The van der Waals surface area contributed by atoms with E-state index in [1.165, 1.54) is 10.5 Å². The summed E-state index contributed by atoms with van der Waals surface area (Å²) in [5.41, 5.74) is 7.15. The summed E-state index contributed by atoms with van der Waals surface area (Å²) in [7, 11) is 0. The number of hydrogen-bond donors (Lipinski definition) is 1. The van der Waals surface area contributed by atoms with E-state index < -0.39 is 0 Å². The molecule has 4 nitrogen and oxygen atoms in total. The van der Waals surface area contributed by atoms with E-state index in [-0.39, 0.29) is 0 Å². The van der Waals surface area contributed by atoms with Crippen LogP contribution in [-0.2, 0) is 11.3 Å². The van der Waals surface area contributed by atoms with Crippen molar-refractivity contribution in [2.45, 2.75) is 11.4 Å². The predicted molar refractivity (Wildman–Crippen MR) is 75.9 cm³/mol. The van der Waals surface area contributed by atoms with Gasteiger partial charge in [0.2, 0.25) is 0 Å². The van der Waals surface area contributed by atoms with Gasteiger partial charge in [0, 0.05) is 18.0 Å². The lowest BCUT2D eigenvalue weighted by atomic mass is 10.2. The number of guanidine groups is 1. The minimum Gasteiger partial charge on any atom is -0.378 e. The average molecular weight is 265 g/mol. The van der Waals surface area contributed by atoms with Crippen LogP contribution in [0, 0.1) is 0 Å². The number of hydrogen-bond acceptors (Lipinski definition) is 3. The molecule has 0 amide bonds. The summed E-state index contributed by atoms with van der Waals surface area (Å²) in [6.07, 6.45) is 2.07. The summed E-state index contributed by atoms with van der Waals surface area (Å²) in [5, 5.41) is 0. The molecule has 1 fully saturated rings. The maximum Gasteiger partial charge on any atom is 0.191 e. The first-order valence-corrected chi connectivity index (χ1v) is 7.27. The van der Waals surface area contributed by atoms with E-state index in [0.29, 0.717) is 12.5 Å². The largest absolute Gasteiger partial charge is 0.378 e. The summed E-state index contributed by atoms with van der Waals surface area (Å²) in [6, 6.07) is 8.42. The molecule has 1 aliphatic rings. The zero-order valence-electron chi connectivity index (χ0n) is 10.6. The summed E-state index contributed by atoms with van der Waals surface area (Å²) in [4.78, 5) is 7.77. The summed E-state index contributed by atoms with van der Waals surface area (Å²) in [5.74, 6) is 0.618. The van der Waals surface area contributed by atoms with E-state index >= 15 is 0 Å². The molecule has 0 spiro atoms. The number of benzene rings is 1. The standard InChI is InChI=1S/C13H19N3OS/c1-18-12-4-2-11(3-5-12)10-15-13(14)16-6-8-17-9-7-16/h2-5H,6-10H2,1H3,(H2,14,15). The van der Waals surface area contributed by atoms with Crippen LogP contribution in [0.1, 0.15) is 5.56 Å². The number of morpholine rings is 1. The Morgan fingerprint density at radius 3 is 2.61 bits per heavy atom. The van der Waals surface area contributed by atoms with Crippen molar-refractivity contribution in [3.05, 3.63) is 29.8 Å². The fraction of sp³-hybridized carbons (Fsp3) is 0.462. The number of nitrogens with two attached hydrogens (primary N) is 1. The lowest BCUT2D eigenvalue weighted by Crippen LogP contribution is -2.44. The van der Waals surface area contributed by atoms with E-state index in [0.717, 1.165) is 26.3 Å². The van der Waals surface area contributed by atoms with Gasteiger partial charge in [0.15, 0.2) is 5.96 Å². The Morgan fingerprint density at radius 1 is 1.33 bits per heavy atom. The predicted octanol–water partition coefficient (Wildman–Crippen LogP) is 1.56. The molecule has 0 aliphatic carbocycles. The molecule has 1 aromatic rings. The fourth-order valence-electron chi connectivity index (χ4n) is 1.80. The van der Waals surface area contributed by atoms with Crippen LogP contribution in [0.25, 0.3) is 0 Å². The van der Waals surface area contributed by atoms with Gasteiger partial charge in [0.05, 0.1) is 19.8 Å². The molecule has 2 rings (SSSR count). The molecule has 0 radical (unpaired) electrons.